The number of imidazole rings is 1. The maximum Gasteiger partial charge on any atom is 0.315 e. The van der Waals surface area contributed by atoms with Crippen molar-refractivity contribution < 1.29 is 9.18 Å². The molecule has 1 saturated carbocycles. The highest BCUT2D eigenvalue weighted by atomic mass is 32.1. The van der Waals surface area contributed by atoms with Gasteiger partial charge in [-0.25, -0.2) is 14.2 Å². The van der Waals surface area contributed by atoms with Crippen LogP contribution in [0.25, 0.3) is 4.96 Å². The molecule has 2 amide bonds. The number of fused-ring (bicyclic) bond motifs is 1. The Morgan fingerprint density at radius 2 is 2.12 bits per heavy atom. The van der Waals surface area contributed by atoms with Gasteiger partial charge < -0.3 is 10.6 Å². The summed E-state index contributed by atoms with van der Waals surface area (Å²) in [5, 5.41) is 7.89. The van der Waals surface area contributed by atoms with Gasteiger partial charge in [-0.2, -0.15) is 0 Å². The Bertz CT molecular complexity index is 838. The third-order valence-electron chi connectivity index (χ3n) is 4.53. The largest absolute Gasteiger partial charge is 0.332 e. The highest BCUT2D eigenvalue weighted by Crippen LogP contribution is 2.41. The number of aromatic nitrogens is 2. The number of halogens is 1. The summed E-state index contributed by atoms with van der Waals surface area (Å²) in [4.78, 5) is 17.6. The van der Waals surface area contributed by atoms with Gasteiger partial charge in [0.15, 0.2) is 4.96 Å². The van der Waals surface area contributed by atoms with Crippen LogP contribution in [0.15, 0.2) is 42.0 Å². The molecular formula is C17H17FN4OS. The molecule has 0 unspecified atom stereocenters. The summed E-state index contributed by atoms with van der Waals surface area (Å²) >= 11 is 1.56. The lowest BCUT2D eigenvalue weighted by Crippen LogP contribution is -2.53. The van der Waals surface area contributed by atoms with Gasteiger partial charge in [-0.15, -0.1) is 11.3 Å². The van der Waals surface area contributed by atoms with E-state index in [1.165, 1.54) is 12.1 Å². The summed E-state index contributed by atoms with van der Waals surface area (Å²) in [6.45, 7) is 0.375. The number of benzene rings is 1. The maximum atomic E-state index is 13.1. The van der Waals surface area contributed by atoms with Gasteiger partial charge in [0.1, 0.15) is 5.82 Å². The second-order valence-electron chi connectivity index (χ2n) is 6.08. The number of carbonyl (C=O) groups excluding carboxylic acids is 1. The molecule has 0 bridgehead atoms. The summed E-state index contributed by atoms with van der Waals surface area (Å²) in [6, 6.07) is 6.14. The number of rotatable bonds is 4. The fourth-order valence-electron chi connectivity index (χ4n) is 3.08. The third kappa shape index (κ3) is 2.75. The molecule has 1 aliphatic carbocycles. The molecule has 1 aliphatic rings. The number of hydrogen-bond donors (Lipinski definition) is 2. The average molecular weight is 344 g/mol. The molecule has 3 aromatic rings. The molecule has 0 spiro atoms. The van der Waals surface area contributed by atoms with E-state index in [1.807, 2.05) is 22.2 Å². The van der Waals surface area contributed by atoms with Crippen LogP contribution >= 0.6 is 11.3 Å². The number of amides is 2. The first-order valence-electron chi connectivity index (χ1n) is 7.88. The van der Waals surface area contributed by atoms with Gasteiger partial charge in [-0.05, 0) is 37.0 Å². The molecule has 0 aliphatic heterocycles. The van der Waals surface area contributed by atoms with Crippen LogP contribution in [0.1, 0.15) is 30.5 Å². The molecule has 1 aromatic carbocycles. The monoisotopic (exact) mass is 344 g/mol. The normalized spacial score (nSPS) is 15.9. The van der Waals surface area contributed by atoms with Crippen molar-refractivity contribution in [1.29, 1.82) is 0 Å². The van der Waals surface area contributed by atoms with E-state index in [9.17, 15) is 9.18 Å². The average Bonchev–Trinajstić information content (AvgIpc) is 3.11. The Labute approximate surface area is 142 Å². The Morgan fingerprint density at radius 3 is 2.79 bits per heavy atom. The molecule has 2 aromatic heterocycles. The quantitative estimate of drug-likeness (QED) is 0.762. The number of urea groups is 1. The zero-order chi connectivity index (χ0) is 16.6. The van der Waals surface area contributed by atoms with Gasteiger partial charge in [0.05, 0.1) is 17.8 Å². The molecule has 2 N–H and O–H groups in total. The van der Waals surface area contributed by atoms with Gasteiger partial charge in [-0.1, -0.05) is 12.1 Å². The Morgan fingerprint density at radius 1 is 1.33 bits per heavy atom. The predicted molar refractivity (Wildman–Crippen MR) is 90.4 cm³/mol. The van der Waals surface area contributed by atoms with Crippen molar-refractivity contribution in [1.82, 2.24) is 20.0 Å². The minimum atomic E-state index is -0.383. The van der Waals surface area contributed by atoms with Crippen molar-refractivity contribution in [2.75, 3.05) is 0 Å². The van der Waals surface area contributed by atoms with E-state index in [2.05, 4.69) is 15.6 Å². The summed E-state index contributed by atoms with van der Waals surface area (Å²) in [7, 11) is 0. The van der Waals surface area contributed by atoms with E-state index in [0.29, 0.717) is 6.54 Å². The van der Waals surface area contributed by atoms with Crippen LogP contribution in [0, 0.1) is 5.82 Å². The zero-order valence-corrected chi connectivity index (χ0v) is 13.8. The van der Waals surface area contributed by atoms with Crippen molar-refractivity contribution in [3.8, 4) is 0 Å². The number of thiazole rings is 1. The molecule has 5 nitrogen and oxygen atoms in total. The summed E-state index contributed by atoms with van der Waals surface area (Å²) in [6.07, 6.45) is 6.63. The summed E-state index contributed by atoms with van der Waals surface area (Å²) in [5.74, 6) is -0.266. The molecule has 0 atom stereocenters. The number of carbonyl (C=O) groups is 1. The maximum absolute atomic E-state index is 13.1. The van der Waals surface area contributed by atoms with E-state index >= 15 is 0 Å². The lowest BCUT2D eigenvalue weighted by Gasteiger charge is -2.43. The number of hydrogen-bond acceptors (Lipinski definition) is 3. The van der Waals surface area contributed by atoms with Crippen molar-refractivity contribution in [3.63, 3.8) is 0 Å². The molecule has 2 heterocycles. The van der Waals surface area contributed by atoms with Gasteiger partial charge in [0, 0.05) is 17.8 Å². The molecule has 1 fully saturated rings. The van der Waals surface area contributed by atoms with E-state index in [4.69, 9.17) is 0 Å². The van der Waals surface area contributed by atoms with Gasteiger partial charge in [0.2, 0.25) is 0 Å². The Hall–Kier alpha value is -2.41. The standard InChI is InChI=1S/C17H17FN4OS/c18-13-4-2-12(3-5-13)17(6-1-7-17)21-15(23)19-10-14-11-22-8-9-24-16(22)20-14/h2-5,8-9,11H,1,6-7,10H2,(H2,19,21,23). The first-order chi connectivity index (χ1) is 11.6. The molecule has 24 heavy (non-hydrogen) atoms. The smallest absolute Gasteiger partial charge is 0.315 e. The first kappa shape index (κ1) is 15.1. The zero-order valence-electron chi connectivity index (χ0n) is 13.0. The molecule has 0 saturated heterocycles. The van der Waals surface area contributed by atoms with Crippen LogP contribution < -0.4 is 10.6 Å². The highest BCUT2D eigenvalue weighted by Gasteiger charge is 2.40. The van der Waals surface area contributed by atoms with Gasteiger partial charge in [0.25, 0.3) is 0 Å². The second-order valence-corrected chi connectivity index (χ2v) is 6.95. The molecular weight excluding hydrogens is 327 g/mol. The first-order valence-corrected chi connectivity index (χ1v) is 8.76. The fraction of sp³-hybridized carbons (Fsp3) is 0.294. The van der Waals surface area contributed by atoms with Crippen molar-refractivity contribution in [2.45, 2.75) is 31.3 Å². The number of nitrogens with zero attached hydrogens (tertiary/aromatic N) is 2. The van der Waals surface area contributed by atoms with Crippen LogP contribution in [0.3, 0.4) is 0 Å². The molecule has 7 heteroatoms. The van der Waals surface area contributed by atoms with Crippen LogP contribution in [0.2, 0.25) is 0 Å². The van der Waals surface area contributed by atoms with Crippen LogP contribution in [-0.4, -0.2) is 15.4 Å². The molecule has 0 radical (unpaired) electrons. The van der Waals surface area contributed by atoms with Crippen LogP contribution in [0.5, 0.6) is 0 Å². The van der Waals surface area contributed by atoms with Gasteiger partial charge in [-0.3, -0.25) is 4.40 Å². The Balaban J connectivity index is 1.40. The van der Waals surface area contributed by atoms with Gasteiger partial charge >= 0.3 is 6.03 Å². The van der Waals surface area contributed by atoms with E-state index in [-0.39, 0.29) is 17.4 Å². The van der Waals surface area contributed by atoms with Crippen molar-refractivity contribution in [3.05, 3.63) is 59.1 Å². The third-order valence-corrected chi connectivity index (χ3v) is 5.30. The van der Waals surface area contributed by atoms with Crippen LogP contribution in [0.4, 0.5) is 9.18 Å². The van der Waals surface area contributed by atoms with E-state index in [1.54, 1.807) is 23.5 Å². The van der Waals surface area contributed by atoms with E-state index in [0.717, 1.165) is 35.5 Å². The lowest BCUT2D eigenvalue weighted by atomic mass is 9.72. The van der Waals surface area contributed by atoms with Crippen molar-refractivity contribution in [2.24, 2.45) is 0 Å². The predicted octanol–water partition coefficient (Wildman–Crippen LogP) is 3.41. The van der Waals surface area contributed by atoms with Crippen LogP contribution in [-0.2, 0) is 12.1 Å². The minimum absolute atomic E-state index is 0.227. The van der Waals surface area contributed by atoms with E-state index < -0.39 is 0 Å². The minimum Gasteiger partial charge on any atom is -0.332 e. The topological polar surface area (TPSA) is 58.4 Å². The molecule has 4 rings (SSSR count). The summed E-state index contributed by atoms with van der Waals surface area (Å²) in [5.41, 5.74) is 1.39. The lowest BCUT2D eigenvalue weighted by molar-refractivity contribution is 0.177. The number of nitrogens with one attached hydrogen (secondary N) is 2. The fourth-order valence-corrected chi connectivity index (χ4v) is 3.80. The SMILES string of the molecule is O=C(NCc1cn2ccsc2n1)NC1(c2ccc(F)cc2)CCC1. The summed E-state index contributed by atoms with van der Waals surface area (Å²) < 4.78 is 15.1. The Kier molecular flexibility index (Phi) is 3.72. The van der Waals surface area contributed by atoms with Crippen molar-refractivity contribution >= 4 is 22.3 Å². The molecule has 124 valence electrons. The highest BCUT2D eigenvalue weighted by molar-refractivity contribution is 7.15. The second kappa shape index (κ2) is 5.90.